The van der Waals surface area contributed by atoms with Gasteiger partial charge in [-0.1, -0.05) is 37.8 Å². The number of carbonyl (C=O) groups is 2. The number of carboxylic acid groups (broad SMARTS) is 1. The maximum Gasteiger partial charge on any atom is 0.337 e. The van der Waals surface area contributed by atoms with E-state index < -0.39 is 5.97 Å². The maximum atomic E-state index is 12.9. The number of amides is 1. The number of aromatic nitrogens is 6. The topological polar surface area (TPSA) is 179 Å². The number of nitrogens with zero attached hydrogens (tertiary/aromatic N) is 8. The van der Waals surface area contributed by atoms with Crippen LogP contribution in [0.25, 0.3) is 11.6 Å². The molecule has 0 unspecified atom stereocenters. The molecule has 2 saturated heterocycles. The molecule has 0 spiro atoms. The van der Waals surface area contributed by atoms with Crippen molar-refractivity contribution in [3.8, 4) is 11.6 Å². The first kappa shape index (κ1) is 55.1. The molecule has 0 bridgehead atoms. The van der Waals surface area contributed by atoms with E-state index in [1.807, 2.05) is 35.0 Å². The molecule has 4 aromatic rings. The highest BCUT2D eigenvalue weighted by Crippen LogP contribution is 2.29. The standard InChI is InChI=1S/C25H35N5O2.C16H30N2O.C9H7N3O2.2ClH/c1-2-14-32-18-20-6-5-12-29(16-20)17-22-7-3-4-8-23(22)28-25(31)21-9-10-24(27-15-21)30-13-11-26-19-30;1-2-10-19-13-14-6-5-9-18(11-14)12-15-7-3-4-8-16(15)17;13-9(14)7-1-2-8(11-5-7)12-4-3-10-6-12;;/h2,9-11,13,15,19-20,22-23H,1,3-8,12,14,16-18H2,(H,28,31);2,14-16H,1,3-13,17H2;1-6H,(H,13,14);2*1H/t20-,22-,23+;14-,15-,16+;;;/m11.../s1. The predicted octanol–water partition coefficient (Wildman–Crippen LogP) is 7.70. The highest BCUT2D eigenvalue weighted by atomic mass is 35.5. The Morgan fingerprint density at radius 1 is 0.701 bits per heavy atom. The molecule has 1 amide bonds. The van der Waals surface area contributed by atoms with E-state index in [9.17, 15) is 9.59 Å². The van der Waals surface area contributed by atoms with Crippen LogP contribution < -0.4 is 11.1 Å². The Hall–Kier alpha value is -4.48. The van der Waals surface area contributed by atoms with Crippen LogP contribution >= 0.6 is 24.8 Å². The SMILES string of the molecule is C=CCOC[C@@H]1CCCN(C[C@H]2CCCC[C@@H]2N)C1.C=CCOC[C@@H]1CCCN(C[C@H]2CCCC[C@@H]2NC(=O)c2ccc(-n3ccnc3)nc2)C1.Cl.Cl.O=C(O)c1ccc(-n2ccnc2)nc1. The summed E-state index contributed by atoms with van der Waals surface area (Å²) in [6, 6.07) is 7.49. The van der Waals surface area contributed by atoms with Crippen LogP contribution in [-0.2, 0) is 9.47 Å². The van der Waals surface area contributed by atoms with Crippen molar-refractivity contribution >= 4 is 36.7 Å². The number of imidazole rings is 2. The second kappa shape index (κ2) is 30.1. The third-order valence-corrected chi connectivity index (χ3v) is 13.1. The highest BCUT2D eigenvalue weighted by Gasteiger charge is 2.31. The molecule has 6 atom stereocenters. The quantitative estimate of drug-likeness (QED) is 0.0695. The summed E-state index contributed by atoms with van der Waals surface area (Å²) in [5.74, 6) is 2.92. The summed E-state index contributed by atoms with van der Waals surface area (Å²) in [6.45, 7) is 17.4. The van der Waals surface area contributed by atoms with Crippen LogP contribution in [0.1, 0.15) is 97.8 Å². The number of rotatable bonds is 17. The van der Waals surface area contributed by atoms with Crippen molar-refractivity contribution in [1.29, 1.82) is 0 Å². The predicted molar refractivity (Wildman–Crippen MR) is 268 cm³/mol. The second-order valence-corrected chi connectivity index (χ2v) is 18.1. The van der Waals surface area contributed by atoms with Crippen molar-refractivity contribution < 1.29 is 24.2 Å². The average Bonchev–Trinajstić information content (AvgIpc) is 4.08. The molecule has 2 saturated carbocycles. The molecule has 4 N–H and O–H groups in total. The first-order valence-corrected chi connectivity index (χ1v) is 23.8. The molecule has 17 heteroatoms. The molecular weight excluding hydrogens is 892 g/mol. The fourth-order valence-corrected chi connectivity index (χ4v) is 9.66. The third-order valence-electron chi connectivity index (χ3n) is 13.1. The molecule has 368 valence electrons. The maximum absolute atomic E-state index is 12.9. The molecule has 4 fully saturated rings. The number of aromatic carboxylic acids is 1. The van der Waals surface area contributed by atoms with Crippen LogP contribution in [0, 0.1) is 23.7 Å². The third kappa shape index (κ3) is 18.2. The van der Waals surface area contributed by atoms with Gasteiger partial charge in [0.2, 0.25) is 0 Å². The summed E-state index contributed by atoms with van der Waals surface area (Å²) in [5, 5.41) is 12.0. The second-order valence-electron chi connectivity index (χ2n) is 18.1. The first-order chi connectivity index (χ1) is 31.8. The Labute approximate surface area is 409 Å². The van der Waals surface area contributed by atoms with Crippen molar-refractivity contribution in [2.24, 2.45) is 29.4 Å². The van der Waals surface area contributed by atoms with Crippen LogP contribution in [0.2, 0.25) is 0 Å². The van der Waals surface area contributed by atoms with Crippen molar-refractivity contribution in [1.82, 2.24) is 44.2 Å². The van der Waals surface area contributed by atoms with Crippen LogP contribution in [0.4, 0.5) is 0 Å². The van der Waals surface area contributed by atoms with Crippen molar-refractivity contribution in [3.05, 3.63) is 111 Å². The number of nitrogens with two attached hydrogens (primary N) is 1. The number of piperidine rings is 2. The lowest BCUT2D eigenvalue weighted by atomic mass is 9.83. The minimum Gasteiger partial charge on any atom is -0.478 e. The van der Waals surface area contributed by atoms with Gasteiger partial charge in [-0.05, 0) is 112 Å². The summed E-state index contributed by atoms with van der Waals surface area (Å²) < 4.78 is 14.8. The van der Waals surface area contributed by atoms with Gasteiger partial charge in [0.05, 0.1) is 37.6 Å². The van der Waals surface area contributed by atoms with E-state index in [1.54, 1.807) is 48.1 Å². The number of ether oxygens (including phenoxy) is 2. The Balaban J connectivity index is 0.000000238. The summed E-state index contributed by atoms with van der Waals surface area (Å²) in [7, 11) is 0. The van der Waals surface area contributed by atoms with Crippen molar-refractivity contribution in [3.63, 3.8) is 0 Å². The van der Waals surface area contributed by atoms with Gasteiger partial charge in [0.1, 0.15) is 24.3 Å². The van der Waals surface area contributed by atoms with Gasteiger partial charge in [-0.2, -0.15) is 0 Å². The summed E-state index contributed by atoms with van der Waals surface area (Å²) >= 11 is 0. The smallest absolute Gasteiger partial charge is 0.337 e. The number of carbonyl (C=O) groups excluding carboxylic acids is 1. The molecule has 0 aromatic carbocycles. The molecule has 15 nitrogen and oxygen atoms in total. The van der Waals surface area contributed by atoms with Gasteiger partial charge in [0.25, 0.3) is 5.91 Å². The molecular formula is C50H74Cl2N10O5. The Kier molecular flexibility index (Phi) is 24.8. The Morgan fingerprint density at radius 2 is 1.21 bits per heavy atom. The van der Waals surface area contributed by atoms with Crippen LogP contribution in [0.15, 0.2) is 99.4 Å². The Morgan fingerprint density at radius 3 is 1.69 bits per heavy atom. The fraction of sp³-hybridized carbons (Fsp3) is 0.560. The number of likely N-dealkylation sites (tertiary alicyclic amines) is 2. The molecule has 6 heterocycles. The molecule has 8 rings (SSSR count). The van der Waals surface area contributed by atoms with Gasteiger partial charge in [0, 0.05) is 75.4 Å². The number of hydrogen-bond donors (Lipinski definition) is 3. The zero-order chi connectivity index (χ0) is 45.6. The van der Waals surface area contributed by atoms with Gasteiger partial charge in [-0.3, -0.25) is 13.9 Å². The number of hydrogen-bond acceptors (Lipinski definition) is 11. The number of nitrogens with one attached hydrogen (secondary N) is 1. The zero-order valence-electron chi connectivity index (χ0n) is 39.1. The van der Waals surface area contributed by atoms with Crippen LogP contribution in [-0.4, -0.2) is 134 Å². The van der Waals surface area contributed by atoms with Gasteiger partial charge in [0.15, 0.2) is 0 Å². The fourth-order valence-electron chi connectivity index (χ4n) is 9.66. The van der Waals surface area contributed by atoms with E-state index in [1.165, 1.54) is 103 Å². The monoisotopic (exact) mass is 965 g/mol. The minimum absolute atomic E-state index is 0. The summed E-state index contributed by atoms with van der Waals surface area (Å²) in [5.41, 5.74) is 7.05. The van der Waals surface area contributed by atoms with Gasteiger partial charge >= 0.3 is 5.97 Å². The van der Waals surface area contributed by atoms with E-state index in [4.69, 9.17) is 20.3 Å². The lowest BCUT2D eigenvalue weighted by Crippen LogP contribution is -2.48. The summed E-state index contributed by atoms with van der Waals surface area (Å²) in [6.07, 6.45) is 31.8. The highest BCUT2D eigenvalue weighted by molar-refractivity contribution is 5.94. The van der Waals surface area contributed by atoms with E-state index in [-0.39, 0.29) is 42.3 Å². The molecule has 4 aliphatic rings. The molecule has 0 radical (unpaired) electrons. The van der Waals surface area contributed by atoms with E-state index in [2.05, 4.69) is 48.2 Å². The molecule has 2 aliphatic carbocycles. The summed E-state index contributed by atoms with van der Waals surface area (Å²) in [4.78, 5) is 45.0. The van der Waals surface area contributed by atoms with Gasteiger partial charge in [-0.25, -0.2) is 24.7 Å². The van der Waals surface area contributed by atoms with E-state index in [0.29, 0.717) is 48.4 Å². The normalized spacial score (nSPS) is 23.1. The molecule has 4 aromatic heterocycles. The first-order valence-electron chi connectivity index (χ1n) is 23.8. The van der Waals surface area contributed by atoms with E-state index >= 15 is 0 Å². The van der Waals surface area contributed by atoms with Gasteiger partial charge in [-0.15, -0.1) is 38.0 Å². The molecule has 67 heavy (non-hydrogen) atoms. The largest absolute Gasteiger partial charge is 0.478 e. The molecule has 2 aliphatic heterocycles. The minimum atomic E-state index is -0.977. The Bertz CT molecular complexity index is 1990. The van der Waals surface area contributed by atoms with Crippen LogP contribution in [0.3, 0.4) is 0 Å². The van der Waals surface area contributed by atoms with Crippen molar-refractivity contribution in [2.75, 3.05) is 65.7 Å². The zero-order valence-corrected chi connectivity index (χ0v) is 40.7. The number of pyridine rings is 2. The lowest BCUT2D eigenvalue weighted by molar-refractivity contribution is 0.0599. The van der Waals surface area contributed by atoms with E-state index in [0.717, 1.165) is 51.0 Å². The lowest BCUT2D eigenvalue weighted by Gasteiger charge is -2.39. The van der Waals surface area contributed by atoms with Crippen molar-refractivity contribution in [2.45, 2.75) is 89.1 Å². The van der Waals surface area contributed by atoms with Gasteiger partial charge < -0.3 is 35.4 Å². The average molecular weight is 966 g/mol. The van der Waals surface area contributed by atoms with Crippen LogP contribution in [0.5, 0.6) is 0 Å². The number of carboxylic acids is 1. The number of halogens is 2.